The van der Waals surface area contributed by atoms with E-state index in [4.69, 9.17) is 9.47 Å². The molecule has 1 atom stereocenters. The topological polar surface area (TPSA) is 97.8 Å². The van der Waals surface area contributed by atoms with Crippen molar-refractivity contribution >= 4 is 32.4 Å². The first kappa shape index (κ1) is 19.6. The van der Waals surface area contributed by atoms with Crippen LogP contribution in [0, 0.1) is 0 Å². The second-order valence-corrected chi connectivity index (χ2v) is 8.92. The molecule has 1 aromatic heterocycles. The first-order valence-corrected chi connectivity index (χ1v) is 11.0. The summed E-state index contributed by atoms with van der Waals surface area (Å²) in [6.07, 6.45) is 2.29. The summed E-state index contributed by atoms with van der Waals surface area (Å²) in [6.45, 7) is 0.364. The van der Waals surface area contributed by atoms with Crippen LogP contribution in [-0.2, 0) is 14.8 Å². The quantitative estimate of drug-likeness (QED) is 0.783. The van der Waals surface area contributed by atoms with E-state index in [0.29, 0.717) is 41.7 Å². The molecule has 1 aliphatic heterocycles. The molecule has 0 aliphatic carbocycles. The second-order valence-electron chi connectivity index (χ2n) is 6.13. The smallest absolute Gasteiger partial charge is 0.244 e. The highest BCUT2D eigenvalue weighted by molar-refractivity contribution is 7.88. The lowest BCUT2D eigenvalue weighted by Gasteiger charge is -2.20. The third-order valence-corrected chi connectivity index (χ3v) is 6.40. The van der Waals surface area contributed by atoms with Gasteiger partial charge >= 0.3 is 0 Å². The molecule has 2 heterocycles. The Bertz CT molecular complexity index is 942. The van der Waals surface area contributed by atoms with Crippen molar-refractivity contribution in [3.8, 4) is 22.8 Å². The van der Waals surface area contributed by atoms with Crippen molar-refractivity contribution in [1.82, 2.24) is 9.29 Å². The molecule has 1 saturated heterocycles. The van der Waals surface area contributed by atoms with E-state index in [9.17, 15) is 13.2 Å². The molecular weight excluding hydrogens is 390 g/mol. The molecule has 1 aliphatic rings. The molecular formula is C17H21N3O5S2. The van der Waals surface area contributed by atoms with Crippen molar-refractivity contribution in [3.05, 3.63) is 23.6 Å². The SMILES string of the molecule is COc1ccc(-c2csc(NC(=O)[C@@H]3CCCN3S(C)(=O)=O)n2)c(OC)c1. The Balaban J connectivity index is 1.78. The fraction of sp³-hybridized carbons (Fsp3) is 0.412. The van der Waals surface area contributed by atoms with Crippen molar-refractivity contribution in [1.29, 1.82) is 0 Å². The highest BCUT2D eigenvalue weighted by atomic mass is 32.2. The Kier molecular flexibility index (Phi) is 5.68. The van der Waals surface area contributed by atoms with Crippen LogP contribution in [0.1, 0.15) is 12.8 Å². The van der Waals surface area contributed by atoms with Crippen LogP contribution in [0.4, 0.5) is 5.13 Å². The van der Waals surface area contributed by atoms with Crippen LogP contribution in [0.3, 0.4) is 0 Å². The molecule has 0 bridgehead atoms. The highest BCUT2D eigenvalue weighted by Gasteiger charge is 2.36. The van der Waals surface area contributed by atoms with Gasteiger partial charge in [0.25, 0.3) is 0 Å². The molecule has 10 heteroatoms. The van der Waals surface area contributed by atoms with E-state index in [1.54, 1.807) is 26.4 Å². The zero-order chi connectivity index (χ0) is 19.6. The van der Waals surface area contributed by atoms with Gasteiger partial charge in [0.1, 0.15) is 17.5 Å². The number of methoxy groups -OCH3 is 2. The average molecular weight is 412 g/mol. The van der Waals surface area contributed by atoms with E-state index in [-0.39, 0.29) is 5.91 Å². The molecule has 2 aromatic rings. The molecule has 1 amide bonds. The van der Waals surface area contributed by atoms with Crippen molar-refractivity contribution in [2.45, 2.75) is 18.9 Å². The Morgan fingerprint density at radius 3 is 2.78 bits per heavy atom. The van der Waals surface area contributed by atoms with Crippen LogP contribution in [0.25, 0.3) is 11.3 Å². The van der Waals surface area contributed by atoms with E-state index in [1.807, 2.05) is 11.4 Å². The van der Waals surface area contributed by atoms with Crippen LogP contribution in [0.2, 0.25) is 0 Å². The highest BCUT2D eigenvalue weighted by Crippen LogP contribution is 2.35. The number of nitrogens with zero attached hydrogens (tertiary/aromatic N) is 2. The van der Waals surface area contributed by atoms with E-state index < -0.39 is 16.1 Å². The third-order valence-electron chi connectivity index (χ3n) is 4.35. The lowest BCUT2D eigenvalue weighted by Crippen LogP contribution is -2.42. The normalized spacial score (nSPS) is 17.7. The minimum atomic E-state index is -3.42. The number of amides is 1. The van der Waals surface area contributed by atoms with Crippen LogP contribution in [0.15, 0.2) is 23.6 Å². The minimum Gasteiger partial charge on any atom is -0.497 e. The number of carbonyl (C=O) groups excluding carboxylic acids is 1. The number of rotatable bonds is 6. The number of aromatic nitrogens is 1. The number of benzene rings is 1. The maximum atomic E-state index is 12.5. The van der Waals surface area contributed by atoms with Crippen LogP contribution in [0.5, 0.6) is 11.5 Å². The molecule has 1 aromatic carbocycles. The Labute approximate surface area is 162 Å². The zero-order valence-corrected chi connectivity index (χ0v) is 16.9. The molecule has 0 saturated carbocycles. The summed E-state index contributed by atoms with van der Waals surface area (Å²) in [6, 6.07) is 4.71. The summed E-state index contributed by atoms with van der Waals surface area (Å²) in [4.78, 5) is 17.0. The van der Waals surface area contributed by atoms with Gasteiger partial charge < -0.3 is 14.8 Å². The fourth-order valence-electron chi connectivity index (χ4n) is 3.05. The number of carbonyl (C=O) groups is 1. The van der Waals surface area contributed by atoms with Crippen molar-refractivity contribution in [3.63, 3.8) is 0 Å². The van der Waals surface area contributed by atoms with Gasteiger partial charge in [0.15, 0.2) is 5.13 Å². The summed E-state index contributed by atoms with van der Waals surface area (Å²) in [5.41, 5.74) is 1.43. The predicted octanol–water partition coefficient (Wildman–Crippen LogP) is 2.19. The lowest BCUT2D eigenvalue weighted by atomic mass is 10.1. The number of hydrogen-bond donors (Lipinski definition) is 1. The molecule has 146 valence electrons. The number of ether oxygens (including phenoxy) is 2. The lowest BCUT2D eigenvalue weighted by molar-refractivity contribution is -0.119. The van der Waals surface area contributed by atoms with Crippen molar-refractivity contribution in [2.75, 3.05) is 32.3 Å². The zero-order valence-electron chi connectivity index (χ0n) is 15.3. The summed E-state index contributed by atoms with van der Waals surface area (Å²) in [7, 11) is -0.276. The van der Waals surface area contributed by atoms with Gasteiger partial charge in [0.05, 0.1) is 26.2 Å². The first-order chi connectivity index (χ1) is 12.8. The fourth-order valence-corrected chi connectivity index (χ4v) is 4.89. The van der Waals surface area contributed by atoms with Crippen LogP contribution in [-0.4, -0.2) is 56.7 Å². The Hall–Kier alpha value is -2.17. The molecule has 0 unspecified atom stereocenters. The summed E-state index contributed by atoms with van der Waals surface area (Å²) >= 11 is 1.27. The monoisotopic (exact) mass is 411 g/mol. The van der Waals surface area contributed by atoms with Gasteiger partial charge in [-0.25, -0.2) is 13.4 Å². The molecule has 27 heavy (non-hydrogen) atoms. The summed E-state index contributed by atoms with van der Waals surface area (Å²) in [5.74, 6) is 0.915. The molecule has 8 nitrogen and oxygen atoms in total. The molecule has 1 N–H and O–H groups in total. The van der Waals surface area contributed by atoms with E-state index >= 15 is 0 Å². The Morgan fingerprint density at radius 2 is 2.11 bits per heavy atom. The molecule has 3 rings (SSSR count). The number of hydrogen-bond acceptors (Lipinski definition) is 7. The number of sulfonamides is 1. The number of nitrogens with one attached hydrogen (secondary N) is 1. The molecule has 0 spiro atoms. The maximum Gasteiger partial charge on any atom is 0.244 e. The van der Waals surface area contributed by atoms with Gasteiger partial charge in [0, 0.05) is 23.6 Å². The third kappa shape index (κ3) is 4.23. The van der Waals surface area contributed by atoms with Gasteiger partial charge in [-0.1, -0.05) is 0 Å². The number of thiazole rings is 1. The van der Waals surface area contributed by atoms with Gasteiger partial charge in [-0.15, -0.1) is 11.3 Å². The largest absolute Gasteiger partial charge is 0.497 e. The second kappa shape index (κ2) is 7.83. The predicted molar refractivity (Wildman–Crippen MR) is 104 cm³/mol. The van der Waals surface area contributed by atoms with Crippen molar-refractivity contribution < 1.29 is 22.7 Å². The van der Waals surface area contributed by atoms with E-state index in [0.717, 1.165) is 11.8 Å². The standard InChI is InChI=1S/C17H21N3O5S2/c1-24-11-6-7-12(15(9-11)25-2)13-10-26-17(18-13)19-16(21)14-5-4-8-20(14)27(3,22)23/h6-7,9-10,14H,4-5,8H2,1-3H3,(H,18,19,21)/t14-/m0/s1. The Morgan fingerprint density at radius 1 is 1.33 bits per heavy atom. The summed E-state index contributed by atoms with van der Waals surface area (Å²) < 4.78 is 35.5. The van der Waals surface area contributed by atoms with Gasteiger partial charge in [0.2, 0.25) is 15.9 Å². The van der Waals surface area contributed by atoms with E-state index in [2.05, 4.69) is 10.3 Å². The molecule has 1 fully saturated rings. The van der Waals surface area contributed by atoms with Crippen molar-refractivity contribution in [2.24, 2.45) is 0 Å². The summed E-state index contributed by atoms with van der Waals surface area (Å²) in [5, 5.41) is 4.95. The van der Waals surface area contributed by atoms with E-state index in [1.165, 1.54) is 15.6 Å². The van der Waals surface area contributed by atoms with Gasteiger partial charge in [-0.05, 0) is 25.0 Å². The number of anilines is 1. The average Bonchev–Trinajstić information content (AvgIpc) is 3.30. The maximum absolute atomic E-state index is 12.5. The molecule has 0 radical (unpaired) electrons. The van der Waals surface area contributed by atoms with Gasteiger partial charge in [-0.3, -0.25) is 4.79 Å². The minimum absolute atomic E-state index is 0.361. The van der Waals surface area contributed by atoms with Crippen LogP contribution >= 0.6 is 11.3 Å². The van der Waals surface area contributed by atoms with Gasteiger partial charge in [-0.2, -0.15) is 4.31 Å². The van der Waals surface area contributed by atoms with Crippen LogP contribution < -0.4 is 14.8 Å². The first-order valence-electron chi connectivity index (χ1n) is 8.29.